The molecule has 2 aliphatic rings. The lowest BCUT2D eigenvalue weighted by atomic mass is 9.76. The molecule has 2 aromatic heterocycles. The summed E-state index contributed by atoms with van der Waals surface area (Å²) >= 11 is 8.04. The van der Waals surface area contributed by atoms with Crippen LogP contribution >= 0.6 is 22.9 Å². The van der Waals surface area contributed by atoms with Gasteiger partial charge in [0.25, 0.3) is 0 Å². The number of nitrogens with zero attached hydrogens (tertiary/aromatic N) is 6. The Morgan fingerprint density at radius 1 is 1.09 bits per heavy atom. The number of hydrogen-bond acceptors (Lipinski definition) is 11. The number of hydrogen-bond donors (Lipinski definition) is 3. The number of piperazine rings is 1. The lowest BCUT2D eigenvalue weighted by molar-refractivity contribution is -0.142. The minimum atomic E-state index is -0.673. The summed E-state index contributed by atoms with van der Waals surface area (Å²) in [4.78, 5) is 39.5. The number of nitrogen functional groups attached to an aromatic ring is 1. The molecule has 0 bridgehead atoms. The lowest BCUT2D eigenvalue weighted by Gasteiger charge is -2.38. The van der Waals surface area contributed by atoms with Crippen molar-refractivity contribution in [3.05, 3.63) is 88.7 Å². The predicted molar refractivity (Wildman–Crippen MR) is 217 cm³/mol. The van der Waals surface area contributed by atoms with Crippen molar-refractivity contribution in [3.63, 3.8) is 0 Å². The van der Waals surface area contributed by atoms with Gasteiger partial charge in [-0.05, 0) is 42.5 Å². The summed E-state index contributed by atoms with van der Waals surface area (Å²) in [5.74, 6) is -0.326. The summed E-state index contributed by atoms with van der Waals surface area (Å²) in [5, 5.41) is 23.4. The molecule has 11 nitrogen and oxygen atoms in total. The number of likely N-dealkylation sites (tertiary alicyclic amines) is 1. The predicted octanol–water partition coefficient (Wildman–Crippen LogP) is 6.38. The van der Waals surface area contributed by atoms with Gasteiger partial charge >= 0.3 is 0 Å². The number of rotatable bonds is 12. The maximum atomic E-state index is 14.3. The highest BCUT2D eigenvalue weighted by Crippen LogP contribution is 2.36. The molecule has 4 N–H and O–H groups in total. The van der Waals surface area contributed by atoms with E-state index in [0.717, 1.165) is 32.9 Å². The third kappa shape index (κ3) is 8.94. The quantitative estimate of drug-likeness (QED) is 0.149. The molecule has 286 valence electrons. The number of Topliss-reactive ketones (excluding diaryl/α,β-unsaturated/α-hetero) is 1. The highest BCUT2D eigenvalue weighted by atomic mass is 35.5. The van der Waals surface area contributed by atoms with Gasteiger partial charge in [-0.25, -0.2) is 4.98 Å². The zero-order chi connectivity index (χ0) is 38.7. The first-order chi connectivity index (χ1) is 25.7. The van der Waals surface area contributed by atoms with E-state index in [2.05, 4.69) is 68.1 Å². The van der Waals surface area contributed by atoms with Gasteiger partial charge in [0.2, 0.25) is 5.91 Å². The van der Waals surface area contributed by atoms with Crippen LogP contribution in [0.25, 0.3) is 21.7 Å². The van der Waals surface area contributed by atoms with Crippen molar-refractivity contribution in [1.29, 1.82) is 0 Å². The Hall–Kier alpha value is -4.36. The molecule has 0 unspecified atom stereocenters. The van der Waals surface area contributed by atoms with E-state index in [1.807, 2.05) is 63.5 Å². The number of ketones is 1. The van der Waals surface area contributed by atoms with Crippen LogP contribution in [0.2, 0.25) is 5.02 Å². The van der Waals surface area contributed by atoms with E-state index in [1.165, 1.54) is 0 Å². The topological polar surface area (TPSA) is 141 Å². The zero-order valence-electron chi connectivity index (χ0n) is 31.8. The van der Waals surface area contributed by atoms with E-state index < -0.39 is 23.5 Å². The number of aliphatic hydroxyl groups excluding tert-OH is 1. The number of aryl methyl sites for hydroxylation is 1. The Morgan fingerprint density at radius 2 is 1.80 bits per heavy atom. The average molecular weight is 771 g/mol. The number of β-amino-alcohol motifs (C(OH)–C–C–N with tert-alkyl or cyclic N) is 1. The number of anilines is 2. The van der Waals surface area contributed by atoms with Gasteiger partial charge in [0.15, 0.2) is 5.82 Å². The van der Waals surface area contributed by atoms with Crippen LogP contribution in [0, 0.1) is 18.3 Å². The molecule has 2 saturated heterocycles. The molecule has 2 aromatic carbocycles. The van der Waals surface area contributed by atoms with Gasteiger partial charge in [-0.1, -0.05) is 81.4 Å². The number of carbonyl (C=O) groups excluding carboxylic acids is 2. The second-order valence-electron chi connectivity index (χ2n) is 15.6. The standard InChI is InChI=1S/C41H51ClN8O3S/c1-25(28-11-13-29(14-12-28)38-27(3)44-24-54-38)45-26(2)36-20-31(52)23-50(36)40(53)33(41(4,5)6)19-30(51)22-48-15-17-49(18-16-48)37-21-35(46-47-39(37)43)32-9-7-8-10-34(32)42/h7-14,21,24-25,31,33,36,45,52H,2,15-20,22-23H2,1,3-6H3,(H2,43,47)/t25-,31+,33+,36-/m0/s1. The lowest BCUT2D eigenvalue weighted by Crippen LogP contribution is -2.49. The summed E-state index contributed by atoms with van der Waals surface area (Å²) in [6.45, 7) is 17.5. The van der Waals surface area contributed by atoms with Crippen molar-refractivity contribution in [1.82, 2.24) is 30.3 Å². The van der Waals surface area contributed by atoms with Crippen LogP contribution < -0.4 is 16.0 Å². The Labute approximate surface area is 327 Å². The molecule has 4 atom stereocenters. The fourth-order valence-corrected chi connectivity index (χ4v) is 8.49. The first kappa shape index (κ1) is 39.3. The van der Waals surface area contributed by atoms with Crippen LogP contribution in [-0.2, 0) is 9.59 Å². The Kier molecular flexibility index (Phi) is 12.1. The molecule has 54 heavy (non-hydrogen) atoms. The number of aromatic nitrogens is 3. The highest BCUT2D eigenvalue weighted by Gasteiger charge is 2.43. The number of nitrogens with one attached hydrogen (secondary N) is 1. The Morgan fingerprint density at radius 3 is 2.44 bits per heavy atom. The largest absolute Gasteiger partial charge is 0.391 e. The van der Waals surface area contributed by atoms with Gasteiger partial charge < -0.3 is 26.0 Å². The number of halogens is 1. The van der Waals surface area contributed by atoms with E-state index in [-0.39, 0.29) is 37.2 Å². The third-order valence-electron chi connectivity index (χ3n) is 10.6. The van der Waals surface area contributed by atoms with E-state index in [0.29, 0.717) is 54.8 Å². The molecule has 13 heteroatoms. The summed E-state index contributed by atoms with van der Waals surface area (Å²) < 4.78 is 0. The van der Waals surface area contributed by atoms with Gasteiger partial charge in [0.1, 0.15) is 5.78 Å². The maximum Gasteiger partial charge on any atom is 0.227 e. The number of amides is 1. The van der Waals surface area contributed by atoms with Crippen LogP contribution in [0.4, 0.5) is 11.5 Å². The zero-order valence-corrected chi connectivity index (χ0v) is 33.3. The van der Waals surface area contributed by atoms with E-state index in [4.69, 9.17) is 17.3 Å². The molecule has 1 amide bonds. The Bertz CT molecular complexity index is 1970. The van der Waals surface area contributed by atoms with Crippen LogP contribution in [0.5, 0.6) is 0 Å². The number of nitrogens with two attached hydrogens (primary N) is 1. The smallest absolute Gasteiger partial charge is 0.227 e. The molecule has 0 radical (unpaired) electrons. The number of carbonyl (C=O) groups is 2. The van der Waals surface area contributed by atoms with Gasteiger partial charge in [-0.2, -0.15) is 0 Å². The van der Waals surface area contributed by atoms with E-state index in [1.54, 1.807) is 16.2 Å². The van der Waals surface area contributed by atoms with Crippen LogP contribution in [0.3, 0.4) is 0 Å². The second kappa shape index (κ2) is 16.6. The molecule has 4 heterocycles. The summed E-state index contributed by atoms with van der Waals surface area (Å²) in [6, 6.07) is 17.3. The summed E-state index contributed by atoms with van der Waals surface area (Å²) in [6.07, 6.45) is -0.167. The molecule has 0 saturated carbocycles. The van der Waals surface area contributed by atoms with Crippen LogP contribution in [0.1, 0.15) is 57.8 Å². The molecular formula is C41H51ClN8O3S. The normalized spacial score (nSPS) is 19.1. The summed E-state index contributed by atoms with van der Waals surface area (Å²) in [7, 11) is 0. The molecule has 4 aromatic rings. The molecule has 0 aliphatic carbocycles. The molecule has 0 spiro atoms. The van der Waals surface area contributed by atoms with Gasteiger partial charge in [0, 0.05) is 68.8 Å². The van der Waals surface area contributed by atoms with E-state index in [9.17, 15) is 14.7 Å². The highest BCUT2D eigenvalue weighted by molar-refractivity contribution is 7.13. The van der Waals surface area contributed by atoms with Crippen molar-refractivity contribution in [2.75, 3.05) is 49.9 Å². The van der Waals surface area contributed by atoms with Crippen molar-refractivity contribution in [2.45, 2.75) is 65.6 Å². The summed E-state index contributed by atoms with van der Waals surface area (Å²) in [5.41, 5.74) is 13.8. The number of thiazole rings is 1. The average Bonchev–Trinajstić information content (AvgIpc) is 3.76. The van der Waals surface area contributed by atoms with Gasteiger partial charge in [-0.3, -0.25) is 14.5 Å². The molecule has 6 rings (SSSR count). The second-order valence-corrected chi connectivity index (χ2v) is 16.8. The SMILES string of the molecule is C=C(N[C@@H](C)c1ccc(-c2scnc2C)cc1)[C@@H]1C[C@@H](O)CN1C(=O)[C@@H](CC(=O)CN1CCN(c2cc(-c3ccccc3Cl)nnc2N)CC1)C(C)(C)C. The Balaban J connectivity index is 1.06. The van der Waals surface area contributed by atoms with Crippen molar-refractivity contribution < 1.29 is 14.7 Å². The van der Waals surface area contributed by atoms with Gasteiger partial charge in [0.05, 0.1) is 51.2 Å². The first-order valence-electron chi connectivity index (χ1n) is 18.5. The monoisotopic (exact) mass is 770 g/mol. The minimum Gasteiger partial charge on any atom is -0.391 e. The van der Waals surface area contributed by atoms with Gasteiger partial charge in [-0.15, -0.1) is 21.5 Å². The van der Waals surface area contributed by atoms with Crippen LogP contribution in [0.15, 0.2) is 72.4 Å². The fraction of sp³-hybridized carbons (Fsp3) is 0.439. The van der Waals surface area contributed by atoms with Crippen LogP contribution in [-0.4, -0.2) is 93.2 Å². The third-order valence-corrected chi connectivity index (χ3v) is 11.9. The fourth-order valence-electron chi connectivity index (χ4n) is 7.45. The first-order valence-corrected chi connectivity index (χ1v) is 19.8. The number of aliphatic hydroxyl groups is 1. The molecule has 2 fully saturated rings. The van der Waals surface area contributed by atoms with Crippen molar-refractivity contribution in [3.8, 4) is 21.7 Å². The van der Waals surface area contributed by atoms with Crippen molar-refractivity contribution >= 4 is 46.1 Å². The number of benzene rings is 2. The molecule has 2 aliphatic heterocycles. The minimum absolute atomic E-state index is 0.0154. The maximum absolute atomic E-state index is 14.3. The van der Waals surface area contributed by atoms with Crippen molar-refractivity contribution in [2.24, 2.45) is 11.3 Å². The molecular weight excluding hydrogens is 720 g/mol. The van der Waals surface area contributed by atoms with E-state index >= 15 is 0 Å².